The molecule has 0 bridgehead atoms. The first-order valence-corrected chi connectivity index (χ1v) is 8.19. The van der Waals surface area contributed by atoms with Crippen LogP contribution in [0, 0.1) is 6.92 Å². The molecular weight excluding hydrogens is 447 g/mol. The third-order valence-electron chi connectivity index (χ3n) is 3.83. The number of aliphatic imine (C=N–C) groups is 1. The van der Waals surface area contributed by atoms with Crippen LogP contribution >= 0.6 is 24.0 Å². The monoisotopic (exact) mass is 474 g/mol. The Morgan fingerprint density at radius 3 is 2.54 bits per heavy atom. The lowest BCUT2D eigenvalue weighted by Crippen LogP contribution is -2.38. The second-order valence-corrected chi connectivity index (χ2v) is 5.65. The van der Waals surface area contributed by atoms with Crippen LogP contribution in [0.1, 0.15) is 23.7 Å². The number of hydrogen-bond donors (Lipinski definition) is 1. The lowest BCUT2D eigenvalue weighted by molar-refractivity contribution is 0.353. The maximum atomic E-state index is 5.41. The van der Waals surface area contributed by atoms with Crippen LogP contribution in [0.25, 0.3) is 0 Å². The zero-order valence-corrected chi connectivity index (χ0v) is 18.2. The van der Waals surface area contributed by atoms with Gasteiger partial charge in [-0.2, -0.15) is 0 Å². The highest BCUT2D eigenvalue weighted by molar-refractivity contribution is 14.0. The van der Waals surface area contributed by atoms with Gasteiger partial charge in [-0.1, -0.05) is 5.16 Å². The largest absolute Gasteiger partial charge is 0.493 e. The number of benzene rings is 1. The van der Waals surface area contributed by atoms with Crippen molar-refractivity contribution in [2.75, 3.05) is 27.8 Å². The summed E-state index contributed by atoms with van der Waals surface area (Å²) < 4.78 is 15.6. The van der Waals surface area contributed by atoms with E-state index in [-0.39, 0.29) is 24.0 Å². The number of rotatable bonds is 7. The van der Waals surface area contributed by atoms with Crippen molar-refractivity contribution in [1.29, 1.82) is 0 Å². The molecule has 8 heteroatoms. The minimum atomic E-state index is 0. The highest BCUT2D eigenvalue weighted by atomic mass is 127. The van der Waals surface area contributed by atoms with Gasteiger partial charge >= 0.3 is 0 Å². The summed E-state index contributed by atoms with van der Waals surface area (Å²) >= 11 is 0. The van der Waals surface area contributed by atoms with Crippen molar-refractivity contribution in [2.24, 2.45) is 4.99 Å². The predicted octanol–water partition coefficient (Wildman–Crippen LogP) is 3.22. The van der Waals surface area contributed by atoms with Crippen LogP contribution in [0.5, 0.6) is 11.5 Å². The zero-order valence-electron chi connectivity index (χ0n) is 15.9. The van der Waals surface area contributed by atoms with Crippen LogP contribution in [-0.4, -0.2) is 43.8 Å². The maximum Gasteiger partial charge on any atom is 0.194 e. The molecule has 0 fully saturated rings. The Bertz CT molecular complexity index is 705. The highest BCUT2D eigenvalue weighted by Crippen LogP contribution is 2.30. The van der Waals surface area contributed by atoms with Gasteiger partial charge in [-0.25, -0.2) is 4.99 Å². The number of methoxy groups -OCH3 is 2. The zero-order chi connectivity index (χ0) is 18.2. The van der Waals surface area contributed by atoms with Crippen molar-refractivity contribution in [1.82, 2.24) is 15.4 Å². The van der Waals surface area contributed by atoms with Crippen molar-refractivity contribution < 1.29 is 14.0 Å². The van der Waals surface area contributed by atoms with E-state index in [4.69, 9.17) is 14.0 Å². The first-order valence-electron chi connectivity index (χ1n) is 8.19. The highest BCUT2D eigenvalue weighted by Gasteiger charge is 2.12. The molecule has 7 nitrogen and oxygen atoms in total. The van der Waals surface area contributed by atoms with E-state index >= 15 is 0 Å². The molecule has 0 saturated heterocycles. The molecule has 0 aliphatic heterocycles. The Hall–Kier alpha value is -1.97. The lowest BCUT2D eigenvalue weighted by atomic mass is 10.1. The van der Waals surface area contributed by atoms with Crippen molar-refractivity contribution in [2.45, 2.75) is 26.9 Å². The Kier molecular flexibility index (Phi) is 9.25. The normalized spacial score (nSPS) is 10.9. The van der Waals surface area contributed by atoms with E-state index in [0.717, 1.165) is 40.8 Å². The first-order chi connectivity index (χ1) is 12.1. The van der Waals surface area contributed by atoms with E-state index in [0.29, 0.717) is 13.1 Å². The fourth-order valence-corrected chi connectivity index (χ4v) is 2.47. The molecule has 0 aliphatic carbocycles. The van der Waals surface area contributed by atoms with Gasteiger partial charge in [-0.15, -0.1) is 24.0 Å². The average Bonchev–Trinajstić information content (AvgIpc) is 3.13. The van der Waals surface area contributed by atoms with E-state index in [1.807, 2.05) is 32.2 Å². The lowest BCUT2D eigenvalue weighted by Gasteiger charge is -2.23. The van der Waals surface area contributed by atoms with Gasteiger partial charge in [0.1, 0.15) is 12.0 Å². The number of nitrogens with zero attached hydrogens (tertiary/aromatic N) is 3. The molecule has 1 N–H and O–H groups in total. The van der Waals surface area contributed by atoms with Gasteiger partial charge in [-0.3, -0.25) is 0 Å². The smallest absolute Gasteiger partial charge is 0.194 e. The van der Waals surface area contributed by atoms with E-state index in [2.05, 4.69) is 27.3 Å². The molecule has 2 rings (SSSR count). The fraction of sp³-hybridized carbons (Fsp3) is 0.444. The van der Waals surface area contributed by atoms with Gasteiger partial charge in [0, 0.05) is 26.2 Å². The number of aryl methyl sites for hydroxylation is 1. The van der Waals surface area contributed by atoms with Crippen molar-refractivity contribution >= 4 is 29.9 Å². The van der Waals surface area contributed by atoms with Gasteiger partial charge in [0.2, 0.25) is 0 Å². The summed E-state index contributed by atoms with van der Waals surface area (Å²) in [6, 6.07) is 5.80. The van der Waals surface area contributed by atoms with Crippen LogP contribution in [0.2, 0.25) is 0 Å². The Morgan fingerprint density at radius 1 is 1.27 bits per heavy atom. The molecule has 0 spiro atoms. The Balaban J connectivity index is 0.00000338. The molecule has 0 aliphatic rings. The summed E-state index contributed by atoms with van der Waals surface area (Å²) in [6.07, 6.45) is 1.55. The first kappa shape index (κ1) is 22.1. The standard InChI is InChI=1S/C18H26N4O3.HI/c1-6-19-18(20-11-15-7-8-25-21-15)22(3)12-14-10-17(24-5)16(23-4)9-13(14)2;/h7-10H,6,11-12H2,1-5H3,(H,19,20);1H. The fourth-order valence-electron chi connectivity index (χ4n) is 2.47. The van der Waals surface area contributed by atoms with Gasteiger partial charge < -0.3 is 24.2 Å². The summed E-state index contributed by atoms with van der Waals surface area (Å²) in [7, 11) is 5.29. The van der Waals surface area contributed by atoms with Crippen molar-refractivity contribution in [3.63, 3.8) is 0 Å². The maximum absolute atomic E-state index is 5.41. The van der Waals surface area contributed by atoms with E-state index < -0.39 is 0 Å². The molecule has 1 aromatic carbocycles. The summed E-state index contributed by atoms with van der Waals surface area (Å²) in [4.78, 5) is 6.68. The summed E-state index contributed by atoms with van der Waals surface area (Å²) in [5, 5.41) is 7.19. The molecule has 1 heterocycles. The molecule has 0 amide bonds. The Labute approximate surface area is 171 Å². The molecule has 1 aromatic heterocycles. The van der Waals surface area contributed by atoms with Crippen molar-refractivity contribution in [3.05, 3.63) is 41.3 Å². The number of nitrogens with one attached hydrogen (secondary N) is 1. The number of guanidine groups is 1. The van der Waals surface area contributed by atoms with Crippen LogP contribution in [0.15, 0.2) is 34.0 Å². The number of aromatic nitrogens is 1. The van der Waals surface area contributed by atoms with Gasteiger partial charge in [-0.05, 0) is 37.1 Å². The third-order valence-corrected chi connectivity index (χ3v) is 3.83. The van der Waals surface area contributed by atoms with Gasteiger partial charge in [0.25, 0.3) is 0 Å². The van der Waals surface area contributed by atoms with Crippen LogP contribution in [0.3, 0.4) is 0 Å². The molecular formula is C18H27IN4O3. The van der Waals surface area contributed by atoms with Crippen LogP contribution in [0.4, 0.5) is 0 Å². The quantitative estimate of drug-likeness (QED) is 0.378. The average molecular weight is 474 g/mol. The minimum absolute atomic E-state index is 0. The van der Waals surface area contributed by atoms with Gasteiger partial charge in [0.15, 0.2) is 17.5 Å². The number of ether oxygens (including phenoxy) is 2. The molecule has 26 heavy (non-hydrogen) atoms. The summed E-state index contributed by atoms with van der Waals surface area (Å²) in [5.74, 6) is 2.26. The summed E-state index contributed by atoms with van der Waals surface area (Å²) in [6.45, 7) is 6.05. The van der Waals surface area contributed by atoms with Crippen LogP contribution < -0.4 is 14.8 Å². The molecule has 0 atom stereocenters. The van der Waals surface area contributed by atoms with Gasteiger partial charge in [0.05, 0.1) is 20.8 Å². The van der Waals surface area contributed by atoms with Crippen molar-refractivity contribution in [3.8, 4) is 11.5 Å². The molecule has 0 unspecified atom stereocenters. The molecule has 2 aromatic rings. The van der Waals surface area contributed by atoms with E-state index in [1.54, 1.807) is 20.5 Å². The number of hydrogen-bond acceptors (Lipinski definition) is 5. The topological polar surface area (TPSA) is 72.1 Å². The molecule has 0 saturated carbocycles. The van der Waals surface area contributed by atoms with E-state index in [1.165, 1.54) is 0 Å². The third kappa shape index (κ3) is 5.79. The van der Waals surface area contributed by atoms with E-state index in [9.17, 15) is 0 Å². The second kappa shape index (κ2) is 10.9. The molecule has 144 valence electrons. The summed E-state index contributed by atoms with van der Waals surface area (Å²) in [5.41, 5.74) is 3.08. The SMILES string of the molecule is CCNC(=NCc1ccon1)N(C)Cc1cc(OC)c(OC)cc1C.I. The minimum Gasteiger partial charge on any atom is -0.493 e. The second-order valence-electron chi connectivity index (χ2n) is 5.65. The Morgan fingerprint density at radius 2 is 1.96 bits per heavy atom. The molecule has 0 radical (unpaired) electrons. The predicted molar refractivity (Wildman–Crippen MR) is 112 cm³/mol. The number of halogens is 1. The van der Waals surface area contributed by atoms with Crippen LogP contribution in [-0.2, 0) is 13.1 Å².